The molecule has 0 atom stereocenters. The fourth-order valence-corrected chi connectivity index (χ4v) is 2.27. The summed E-state index contributed by atoms with van der Waals surface area (Å²) >= 11 is 5.87. The van der Waals surface area contributed by atoms with E-state index in [1.807, 2.05) is 24.3 Å². The SMILES string of the molecule is CNc1nc(Nc2cc(F)cc(Cl)c2)c2ccccc2n1. The average Bonchev–Trinajstić information content (AvgIpc) is 2.46. The van der Waals surface area contributed by atoms with Crippen molar-refractivity contribution < 1.29 is 4.39 Å². The molecule has 21 heavy (non-hydrogen) atoms. The van der Waals surface area contributed by atoms with Crippen molar-refractivity contribution in [1.82, 2.24) is 9.97 Å². The molecule has 1 heterocycles. The number of halogens is 2. The first kappa shape index (κ1) is 13.6. The minimum atomic E-state index is -0.405. The molecule has 0 amide bonds. The lowest BCUT2D eigenvalue weighted by molar-refractivity contribution is 0.628. The Labute approximate surface area is 126 Å². The van der Waals surface area contributed by atoms with Gasteiger partial charge in [0, 0.05) is 23.1 Å². The molecule has 0 fully saturated rings. The van der Waals surface area contributed by atoms with Gasteiger partial charge in [-0.3, -0.25) is 0 Å². The number of hydrogen-bond donors (Lipinski definition) is 2. The lowest BCUT2D eigenvalue weighted by Crippen LogP contribution is -2.02. The van der Waals surface area contributed by atoms with E-state index in [-0.39, 0.29) is 0 Å². The van der Waals surface area contributed by atoms with Gasteiger partial charge in [-0.15, -0.1) is 0 Å². The minimum absolute atomic E-state index is 0.324. The summed E-state index contributed by atoms with van der Waals surface area (Å²) in [5.74, 6) is 0.669. The highest BCUT2D eigenvalue weighted by molar-refractivity contribution is 6.30. The van der Waals surface area contributed by atoms with Crippen molar-refractivity contribution in [2.24, 2.45) is 0 Å². The predicted molar refractivity (Wildman–Crippen MR) is 83.8 cm³/mol. The van der Waals surface area contributed by atoms with Crippen LogP contribution in [0.3, 0.4) is 0 Å². The molecule has 0 aliphatic rings. The summed E-state index contributed by atoms with van der Waals surface area (Å²) in [6, 6.07) is 11.8. The third-order valence-corrected chi connectivity index (χ3v) is 3.17. The third kappa shape index (κ3) is 2.87. The Morgan fingerprint density at radius 3 is 2.67 bits per heavy atom. The van der Waals surface area contributed by atoms with Crippen molar-refractivity contribution in [2.45, 2.75) is 0 Å². The van der Waals surface area contributed by atoms with E-state index < -0.39 is 5.82 Å². The van der Waals surface area contributed by atoms with Gasteiger partial charge in [0.25, 0.3) is 0 Å². The largest absolute Gasteiger partial charge is 0.357 e. The normalized spacial score (nSPS) is 10.6. The fourth-order valence-electron chi connectivity index (χ4n) is 2.05. The first-order valence-electron chi connectivity index (χ1n) is 6.33. The number of benzene rings is 2. The molecule has 1 aromatic heterocycles. The minimum Gasteiger partial charge on any atom is -0.357 e. The van der Waals surface area contributed by atoms with E-state index in [4.69, 9.17) is 11.6 Å². The highest BCUT2D eigenvalue weighted by Crippen LogP contribution is 2.26. The fraction of sp³-hybridized carbons (Fsp3) is 0.0667. The molecule has 6 heteroatoms. The second-order valence-electron chi connectivity index (χ2n) is 4.45. The van der Waals surface area contributed by atoms with Crippen LogP contribution in [0.2, 0.25) is 5.02 Å². The van der Waals surface area contributed by atoms with E-state index in [1.54, 1.807) is 13.1 Å². The van der Waals surface area contributed by atoms with Gasteiger partial charge in [-0.1, -0.05) is 23.7 Å². The number of rotatable bonds is 3. The number of nitrogens with one attached hydrogen (secondary N) is 2. The van der Waals surface area contributed by atoms with Gasteiger partial charge in [0.2, 0.25) is 5.95 Å². The van der Waals surface area contributed by atoms with Crippen LogP contribution in [0.5, 0.6) is 0 Å². The lowest BCUT2D eigenvalue weighted by atomic mass is 10.2. The quantitative estimate of drug-likeness (QED) is 0.761. The van der Waals surface area contributed by atoms with Crippen LogP contribution in [0, 0.1) is 5.82 Å². The number of anilines is 3. The van der Waals surface area contributed by atoms with Crippen molar-refractivity contribution in [1.29, 1.82) is 0 Å². The molecule has 0 saturated heterocycles. The Morgan fingerprint density at radius 1 is 1.10 bits per heavy atom. The summed E-state index contributed by atoms with van der Waals surface area (Å²) in [7, 11) is 1.74. The topological polar surface area (TPSA) is 49.8 Å². The summed E-state index contributed by atoms with van der Waals surface area (Å²) in [5, 5.41) is 7.16. The molecule has 0 saturated carbocycles. The Bertz CT molecular complexity index is 787. The first-order chi connectivity index (χ1) is 10.2. The van der Waals surface area contributed by atoms with E-state index >= 15 is 0 Å². The monoisotopic (exact) mass is 302 g/mol. The van der Waals surface area contributed by atoms with Gasteiger partial charge < -0.3 is 10.6 Å². The van der Waals surface area contributed by atoms with E-state index in [2.05, 4.69) is 20.6 Å². The van der Waals surface area contributed by atoms with Gasteiger partial charge in [-0.2, -0.15) is 4.98 Å². The smallest absolute Gasteiger partial charge is 0.224 e. The molecule has 0 aliphatic carbocycles. The number of hydrogen-bond acceptors (Lipinski definition) is 4. The van der Waals surface area contributed by atoms with E-state index in [9.17, 15) is 4.39 Å². The number of aromatic nitrogens is 2. The van der Waals surface area contributed by atoms with Gasteiger partial charge in [-0.25, -0.2) is 9.37 Å². The maximum Gasteiger partial charge on any atom is 0.224 e. The second kappa shape index (κ2) is 5.54. The van der Waals surface area contributed by atoms with Crippen LogP contribution in [-0.2, 0) is 0 Å². The number of nitrogens with zero attached hydrogens (tertiary/aromatic N) is 2. The third-order valence-electron chi connectivity index (χ3n) is 2.95. The molecule has 4 nitrogen and oxygen atoms in total. The first-order valence-corrected chi connectivity index (χ1v) is 6.71. The van der Waals surface area contributed by atoms with Crippen molar-refractivity contribution >= 4 is 40.0 Å². The molecule has 0 bridgehead atoms. The molecular weight excluding hydrogens is 291 g/mol. The van der Waals surface area contributed by atoms with Gasteiger partial charge >= 0.3 is 0 Å². The molecule has 2 N–H and O–H groups in total. The number of fused-ring (bicyclic) bond motifs is 1. The molecule has 0 unspecified atom stereocenters. The average molecular weight is 303 g/mol. The Kier molecular flexibility index (Phi) is 3.58. The molecule has 3 rings (SSSR count). The zero-order chi connectivity index (χ0) is 14.8. The Hall–Kier alpha value is -2.40. The van der Waals surface area contributed by atoms with Crippen molar-refractivity contribution in [3.05, 3.63) is 53.3 Å². The van der Waals surface area contributed by atoms with Crippen molar-refractivity contribution in [3.8, 4) is 0 Å². The summed E-state index contributed by atoms with van der Waals surface area (Å²) < 4.78 is 13.4. The highest BCUT2D eigenvalue weighted by atomic mass is 35.5. The zero-order valence-corrected chi connectivity index (χ0v) is 11.9. The zero-order valence-electron chi connectivity index (χ0n) is 11.2. The molecule has 0 radical (unpaired) electrons. The summed E-state index contributed by atoms with van der Waals surface area (Å²) in [4.78, 5) is 8.74. The maximum atomic E-state index is 13.4. The van der Waals surface area contributed by atoms with Crippen molar-refractivity contribution in [2.75, 3.05) is 17.7 Å². The molecule has 0 spiro atoms. The highest BCUT2D eigenvalue weighted by Gasteiger charge is 2.08. The standard InChI is InChI=1S/C15H12ClFN4/c1-18-15-20-13-5-3-2-4-12(13)14(21-15)19-11-7-9(16)6-10(17)8-11/h2-8H,1H3,(H2,18,19,20,21). The van der Waals surface area contributed by atoms with Crippen LogP contribution in [0.15, 0.2) is 42.5 Å². The van der Waals surface area contributed by atoms with Gasteiger partial charge in [0.1, 0.15) is 11.6 Å². The molecule has 0 aliphatic heterocycles. The summed E-state index contributed by atoms with van der Waals surface area (Å²) in [6.45, 7) is 0. The Balaban J connectivity index is 2.10. The summed E-state index contributed by atoms with van der Waals surface area (Å²) in [6.07, 6.45) is 0. The van der Waals surface area contributed by atoms with Crippen LogP contribution in [-0.4, -0.2) is 17.0 Å². The van der Waals surface area contributed by atoms with E-state index in [1.165, 1.54) is 12.1 Å². The van der Waals surface area contributed by atoms with Crippen LogP contribution >= 0.6 is 11.6 Å². The Morgan fingerprint density at radius 2 is 1.90 bits per heavy atom. The van der Waals surface area contributed by atoms with E-state index in [0.29, 0.717) is 22.5 Å². The van der Waals surface area contributed by atoms with Gasteiger partial charge in [0.15, 0.2) is 0 Å². The molecule has 3 aromatic rings. The number of para-hydroxylation sites is 1. The van der Waals surface area contributed by atoms with Crippen LogP contribution in [0.1, 0.15) is 0 Å². The van der Waals surface area contributed by atoms with Crippen LogP contribution < -0.4 is 10.6 Å². The van der Waals surface area contributed by atoms with E-state index in [0.717, 1.165) is 10.9 Å². The maximum absolute atomic E-state index is 13.4. The molecule has 2 aromatic carbocycles. The van der Waals surface area contributed by atoms with Gasteiger partial charge in [0.05, 0.1) is 5.52 Å². The van der Waals surface area contributed by atoms with Crippen LogP contribution in [0.4, 0.5) is 21.8 Å². The summed E-state index contributed by atoms with van der Waals surface area (Å²) in [5.41, 5.74) is 1.33. The molecular formula is C15H12ClFN4. The van der Waals surface area contributed by atoms with Crippen LogP contribution in [0.25, 0.3) is 10.9 Å². The van der Waals surface area contributed by atoms with Gasteiger partial charge in [-0.05, 0) is 30.3 Å². The second-order valence-corrected chi connectivity index (χ2v) is 4.88. The lowest BCUT2D eigenvalue weighted by Gasteiger charge is -2.11. The predicted octanol–water partition coefficient (Wildman–Crippen LogP) is 4.21. The van der Waals surface area contributed by atoms with Crippen molar-refractivity contribution in [3.63, 3.8) is 0 Å². The molecule has 106 valence electrons.